The van der Waals surface area contributed by atoms with Gasteiger partial charge in [-0.2, -0.15) is 0 Å². The van der Waals surface area contributed by atoms with Crippen molar-refractivity contribution in [2.75, 3.05) is 19.5 Å². The molecule has 2 N–H and O–H groups in total. The highest BCUT2D eigenvalue weighted by Crippen LogP contribution is 2.40. The van der Waals surface area contributed by atoms with Crippen LogP contribution in [0, 0.1) is 0 Å². The molecule has 0 saturated heterocycles. The molecular weight excluding hydrogens is 390 g/mol. The number of rotatable bonds is 6. The second-order valence-corrected chi connectivity index (χ2v) is 6.96. The number of carboxylic acids is 1. The number of methoxy groups -OCH3 is 2. The third-order valence-corrected chi connectivity index (χ3v) is 5.36. The molecule has 0 atom stereocenters. The molecule has 7 nitrogen and oxygen atoms in total. The van der Waals surface area contributed by atoms with Crippen molar-refractivity contribution >= 4 is 39.0 Å². The lowest BCUT2D eigenvalue weighted by Gasteiger charge is -2.12. The molecular formula is C21H17N3O4S. The average molecular weight is 407 g/mol. The Labute approximate surface area is 170 Å². The molecule has 2 heterocycles. The predicted octanol–water partition coefficient (Wildman–Crippen LogP) is 4.82. The molecule has 0 unspecified atom stereocenters. The van der Waals surface area contributed by atoms with Crippen LogP contribution in [0.4, 0.5) is 11.5 Å². The molecule has 0 aliphatic carbocycles. The maximum absolute atomic E-state index is 11.5. The lowest BCUT2D eigenvalue weighted by Crippen LogP contribution is -2.03. The van der Waals surface area contributed by atoms with Crippen LogP contribution < -0.4 is 14.8 Å². The Balaban J connectivity index is 1.85. The molecule has 0 radical (unpaired) electrons. The SMILES string of the molecule is COc1ccc(-c2csc3ncnc(Nc4ccccc4C(=O)O)c23)cc1OC. The summed E-state index contributed by atoms with van der Waals surface area (Å²) in [7, 11) is 3.18. The van der Waals surface area contributed by atoms with E-state index in [2.05, 4.69) is 15.3 Å². The van der Waals surface area contributed by atoms with Crippen molar-refractivity contribution in [1.29, 1.82) is 0 Å². The number of carbonyl (C=O) groups is 1. The minimum absolute atomic E-state index is 0.169. The van der Waals surface area contributed by atoms with E-state index in [1.807, 2.05) is 23.6 Å². The van der Waals surface area contributed by atoms with E-state index < -0.39 is 5.97 Å². The van der Waals surface area contributed by atoms with Gasteiger partial charge in [0.2, 0.25) is 0 Å². The first kappa shape index (κ1) is 18.7. The van der Waals surface area contributed by atoms with Crippen molar-refractivity contribution in [3.63, 3.8) is 0 Å². The molecule has 2 aromatic heterocycles. The normalized spacial score (nSPS) is 10.7. The summed E-state index contributed by atoms with van der Waals surface area (Å²) >= 11 is 1.49. The minimum Gasteiger partial charge on any atom is -0.493 e. The number of anilines is 2. The Bertz CT molecular complexity index is 1210. The monoisotopic (exact) mass is 407 g/mol. The molecule has 0 saturated carbocycles. The third kappa shape index (κ3) is 3.45. The van der Waals surface area contributed by atoms with E-state index >= 15 is 0 Å². The molecule has 8 heteroatoms. The number of nitrogens with one attached hydrogen (secondary N) is 1. The Morgan fingerprint density at radius 1 is 1.07 bits per heavy atom. The van der Waals surface area contributed by atoms with E-state index in [-0.39, 0.29) is 5.56 Å². The molecule has 29 heavy (non-hydrogen) atoms. The van der Waals surface area contributed by atoms with E-state index in [1.165, 1.54) is 17.7 Å². The van der Waals surface area contributed by atoms with Crippen LogP contribution in [0.1, 0.15) is 10.4 Å². The molecule has 0 bridgehead atoms. The molecule has 0 aliphatic rings. The molecule has 0 aliphatic heterocycles. The summed E-state index contributed by atoms with van der Waals surface area (Å²) in [4.78, 5) is 21.1. The molecule has 2 aromatic carbocycles. The Morgan fingerprint density at radius 3 is 2.62 bits per heavy atom. The average Bonchev–Trinajstić information content (AvgIpc) is 3.18. The summed E-state index contributed by atoms with van der Waals surface area (Å²) in [5.41, 5.74) is 2.46. The number of nitrogens with zero attached hydrogens (tertiary/aromatic N) is 2. The number of thiophene rings is 1. The zero-order valence-electron chi connectivity index (χ0n) is 15.7. The van der Waals surface area contributed by atoms with Gasteiger partial charge >= 0.3 is 5.97 Å². The van der Waals surface area contributed by atoms with Crippen LogP contribution in [0.5, 0.6) is 11.5 Å². The number of para-hydroxylation sites is 1. The van der Waals surface area contributed by atoms with Crippen molar-refractivity contribution in [3.05, 3.63) is 59.7 Å². The number of fused-ring (bicyclic) bond motifs is 1. The smallest absolute Gasteiger partial charge is 0.337 e. The topological polar surface area (TPSA) is 93.6 Å². The van der Waals surface area contributed by atoms with Gasteiger partial charge in [0.05, 0.1) is 30.9 Å². The van der Waals surface area contributed by atoms with Gasteiger partial charge in [-0.1, -0.05) is 18.2 Å². The molecule has 4 aromatic rings. The van der Waals surface area contributed by atoms with Crippen LogP contribution in [0.25, 0.3) is 21.3 Å². The van der Waals surface area contributed by atoms with Crippen molar-refractivity contribution in [2.45, 2.75) is 0 Å². The largest absolute Gasteiger partial charge is 0.493 e. The van der Waals surface area contributed by atoms with Crippen LogP contribution in [0.3, 0.4) is 0 Å². The third-order valence-electron chi connectivity index (χ3n) is 4.48. The van der Waals surface area contributed by atoms with Crippen molar-refractivity contribution < 1.29 is 19.4 Å². The van der Waals surface area contributed by atoms with Gasteiger partial charge in [0.15, 0.2) is 11.5 Å². The molecule has 4 rings (SSSR count). The van der Waals surface area contributed by atoms with Crippen LogP contribution in [-0.4, -0.2) is 35.3 Å². The maximum Gasteiger partial charge on any atom is 0.337 e. The molecule has 0 amide bonds. The van der Waals surface area contributed by atoms with E-state index in [0.717, 1.165) is 21.3 Å². The predicted molar refractivity (Wildman–Crippen MR) is 113 cm³/mol. The van der Waals surface area contributed by atoms with E-state index in [0.29, 0.717) is 23.0 Å². The molecule has 0 spiro atoms. The standard InChI is InChI=1S/C21H17N3O4S/c1-27-16-8-7-12(9-17(16)28-2)14-10-29-20-18(14)19(22-11-23-20)24-15-6-4-3-5-13(15)21(25)26/h3-11H,1-2H3,(H,25,26)(H,22,23,24). The number of benzene rings is 2. The summed E-state index contributed by atoms with van der Waals surface area (Å²) in [5, 5.41) is 15.4. The van der Waals surface area contributed by atoms with E-state index in [9.17, 15) is 9.90 Å². The van der Waals surface area contributed by atoms with Crippen LogP contribution in [0.2, 0.25) is 0 Å². The van der Waals surface area contributed by atoms with E-state index in [4.69, 9.17) is 9.47 Å². The number of hydrogen-bond donors (Lipinski definition) is 2. The summed E-state index contributed by atoms with van der Waals surface area (Å²) in [6, 6.07) is 12.4. The van der Waals surface area contributed by atoms with Crippen LogP contribution >= 0.6 is 11.3 Å². The number of aromatic nitrogens is 2. The van der Waals surface area contributed by atoms with Gasteiger partial charge in [0.1, 0.15) is 17.0 Å². The van der Waals surface area contributed by atoms with Crippen molar-refractivity contribution in [1.82, 2.24) is 9.97 Å². The molecule has 146 valence electrons. The highest BCUT2D eigenvalue weighted by molar-refractivity contribution is 7.17. The zero-order valence-corrected chi connectivity index (χ0v) is 16.5. The Hall–Kier alpha value is -3.65. The lowest BCUT2D eigenvalue weighted by atomic mass is 10.1. The fourth-order valence-electron chi connectivity index (χ4n) is 3.09. The number of carboxylic acid groups (broad SMARTS) is 1. The number of ether oxygens (including phenoxy) is 2. The Kier molecular flexibility index (Phi) is 5.01. The quantitative estimate of drug-likeness (QED) is 0.473. The highest BCUT2D eigenvalue weighted by Gasteiger charge is 2.17. The minimum atomic E-state index is -1.01. The summed E-state index contributed by atoms with van der Waals surface area (Å²) < 4.78 is 10.7. The lowest BCUT2D eigenvalue weighted by molar-refractivity contribution is 0.0698. The fraction of sp³-hybridized carbons (Fsp3) is 0.0952. The maximum atomic E-state index is 11.5. The van der Waals surface area contributed by atoms with Gasteiger partial charge in [0, 0.05) is 10.9 Å². The molecule has 0 fully saturated rings. The summed E-state index contributed by atoms with van der Waals surface area (Å²) in [5.74, 6) is 0.784. The van der Waals surface area contributed by atoms with Gasteiger partial charge in [0.25, 0.3) is 0 Å². The zero-order chi connectivity index (χ0) is 20.4. The van der Waals surface area contributed by atoms with Gasteiger partial charge in [-0.3, -0.25) is 0 Å². The van der Waals surface area contributed by atoms with E-state index in [1.54, 1.807) is 38.5 Å². The summed E-state index contributed by atoms with van der Waals surface area (Å²) in [6.45, 7) is 0. The highest BCUT2D eigenvalue weighted by atomic mass is 32.1. The number of aromatic carboxylic acids is 1. The first-order chi connectivity index (χ1) is 14.1. The second kappa shape index (κ2) is 7.76. The fourth-order valence-corrected chi connectivity index (χ4v) is 4.01. The second-order valence-electron chi connectivity index (χ2n) is 6.10. The van der Waals surface area contributed by atoms with Gasteiger partial charge in [-0.25, -0.2) is 14.8 Å². The first-order valence-corrected chi connectivity index (χ1v) is 9.54. The van der Waals surface area contributed by atoms with Crippen LogP contribution in [-0.2, 0) is 0 Å². The van der Waals surface area contributed by atoms with Crippen molar-refractivity contribution in [2.24, 2.45) is 0 Å². The first-order valence-electron chi connectivity index (χ1n) is 8.66. The van der Waals surface area contributed by atoms with Gasteiger partial charge in [-0.15, -0.1) is 11.3 Å². The summed E-state index contributed by atoms with van der Waals surface area (Å²) in [6.07, 6.45) is 1.46. The Morgan fingerprint density at radius 2 is 1.86 bits per heavy atom. The van der Waals surface area contributed by atoms with Crippen LogP contribution in [0.15, 0.2) is 54.2 Å². The van der Waals surface area contributed by atoms with Crippen molar-refractivity contribution in [3.8, 4) is 22.6 Å². The van der Waals surface area contributed by atoms with Gasteiger partial charge < -0.3 is 19.9 Å². The van der Waals surface area contributed by atoms with Gasteiger partial charge in [-0.05, 0) is 29.8 Å². The number of hydrogen-bond acceptors (Lipinski definition) is 7.